The summed E-state index contributed by atoms with van der Waals surface area (Å²) in [5.74, 6) is 0. The van der Waals surface area contributed by atoms with Crippen LogP contribution in [0.2, 0.25) is 0 Å². The van der Waals surface area contributed by atoms with Gasteiger partial charge in [0.05, 0.1) is 0 Å². The Kier molecular flexibility index (Phi) is 3.58. The molecule has 4 heteroatoms. The zero-order valence-corrected chi connectivity index (χ0v) is 8.01. The van der Waals surface area contributed by atoms with E-state index < -0.39 is 0 Å². The maximum atomic E-state index is 8.06. The summed E-state index contributed by atoms with van der Waals surface area (Å²) < 4.78 is 0. The third-order valence-corrected chi connectivity index (χ3v) is 1.68. The van der Waals surface area contributed by atoms with Gasteiger partial charge < -0.3 is 5.73 Å². The largest absolute Gasteiger partial charge is 0.399 e. The smallest absolute Gasteiger partial charge is 0.0443 e. The first-order chi connectivity index (χ1) is 6.72. The minimum atomic E-state index is 0.365. The van der Waals surface area contributed by atoms with Crippen LogP contribution in [0.4, 0.5) is 5.69 Å². The van der Waals surface area contributed by atoms with Gasteiger partial charge in [-0.1, -0.05) is 23.3 Å². The van der Waals surface area contributed by atoms with Crippen molar-refractivity contribution in [3.63, 3.8) is 0 Å². The van der Waals surface area contributed by atoms with Gasteiger partial charge in [0.25, 0.3) is 0 Å². The Bertz CT molecular complexity index is 369. The van der Waals surface area contributed by atoms with E-state index >= 15 is 0 Å². The second kappa shape index (κ2) is 4.94. The highest BCUT2D eigenvalue weighted by Crippen LogP contribution is 2.12. The minimum Gasteiger partial charge on any atom is -0.399 e. The van der Waals surface area contributed by atoms with Gasteiger partial charge in [-0.25, -0.2) is 0 Å². The molecular formula is C10H12N4. The zero-order valence-electron chi connectivity index (χ0n) is 8.01. The molecule has 0 aliphatic rings. The molecule has 0 aromatic heterocycles. The van der Waals surface area contributed by atoms with Gasteiger partial charge >= 0.3 is 0 Å². The lowest BCUT2D eigenvalue weighted by molar-refractivity contribution is 1.22. The second-order valence-electron chi connectivity index (χ2n) is 2.99. The number of azide groups is 1. The molecule has 2 N–H and O–H groups in total. The lowest BCUT2D eigenvalue weighted by Gasteiger charge is -1.99. The lowest BCUT2D eigenvalue weighted by atomic mass is 10.1. The Hall–Kier alpha value is -1.93. The van der Waals surface area contributed by atoms with Crippen molar-refractivity contribution >= 4 is 11.8 Å². The molecule has 1 aromatic rings. The first-order valence-corrected chi connectivity index (χ1v) is 4.27. The predicted octanol–water partition coefficient (Wildman–Crippen LogP) is 2.90. The molecule has 0 fully saturated rings. The van der Waals surface area contributed by atoms with Gasteiger partial charge in [0.1, 0.15) is 0 Å². The van der Waals surface area contributed by atoms with E-state index in [0.29, 0.717) is 6.54 Å². The molecule has 0 bridgehead atoms. The molecular weight excluding hydrogens is 176 g/mol. The van der Waals surface area contributed by atoms with E-state index in [2.05, 4.69) is 10.0 Å². The number of benzene rings is 1. The van der Waals surface area contributed by atoms with Crippen LogP contribution in [0.3, 0.4) is 0 Å². The van der Waals surface area contributed by atoms with Crippen molar-refractivity contribution in [3.05, 3.63) is 45.8 Å². The highest BCUT2D eigenvalue weighted by molar-refractivity contribution is 5.57. The monoisotopic (exact) mass is 188 g/mol. The quantitative estimate of drug-likeness (QED) is 0.336. The Morgan fingerprint density at radius 2 is 2.29 bits per heavy atom. The summed E-state index contributed by atoms with van der Waals surface area (Å²) in [7, 11) is 0. The van der Waals surface area contributed by atoms with Crippen LogP contribution in [0.15, 0.2) is 29.4 Å². The molecule has 0 radical (unpaired) electrons. The standard InChI is InChI=1S/C10H12N4/c1-8-5-9(7-10(11)6-8)3-2-4-13-14-12/h2-3,5-7H,4,11H2,1H3. The molecule has 0 aliphatic carbocycles. The number of aryl methyl sites for hydroxylation is 1. The normalized spacial score (nSPS) is 10.1. The van der Waals surface area contributed by atoms with E-state index in [1.807, 2.05) is 31.2 Å². The fourth-order valence-corrected chi connectivity index (χ4v) is 1.21. The Labute approximate surface area is 82.7 Å². The summed E-state index contributed by atoms with van der Waals surface area (Å²) in [4.78, 5) is 2.65. The Morgan fingerprint density at radius 3 is 2.93 bits per heavy atom. The molecule has 72 valence electrons. The maximum absolute atomic E-state index is 8.06. The van der Waals surface area contributed by atoms with Crippen molar-refractivity contribution in [2.45, 2.75) is 6.92 Å². The Morgan fingerprint density at radius 1 is 1.50 bits per heavy atom. The summed E-state index contributed by atoms with van der Waals surface area (Å²) in [5.41, 5.74) is 16.6. The van der Waals surface area contributed by atoms with Crippen LogP contribution in [0.25, 0.3) is 16.5 Å². The summed E-state index contributed by atoms with van der Waals surface area (Å²) in [5, 5.41) is 3.39. The van der Waals surface area contributed by atoms with Crippen LogP contribution >= 0.6 is 0 Å². The summed E-state index contributed by atoms with van der Waals surface area (Å²) in [6.45, 7) is 2.35. The van der Waals surface area contributed by atoms with Crippen LogP contribution in [0, 0.1) is 6.92 Å². The highest BCUT2D eigenvalue weighted by Gasteiger charge is 1.91. The molecule has 0 saturated heterocycles. The van der Waals surface area contributed by atoms with Crippen molar-refractivity contribution in [1.82, 2.24) is 0 Å². The predicted molar refractivity (Wildman–Crippen MR) is 58.6 cm³/mol. The molecule has 4 nitrogen and oxygen atoms in total. The molecule has 0 unspecified atom stereocenters. The zero-order chi connectivity index (χ0) is 10.4. The molecule has 14 heavy (non-hydrogen) atoms. The molecule has 0 heterocycles. The van der Waals surface area contributed by atoms with Crippen LogP contribution in [0.5, 0.6) is 0 Å². The van der Waals surface area contributed by atoms with Crippen molar-refractivity contribution in [2.75, 3.05) is 12.3 Å². The van der Waals surface area contributed by atoms with Crippen molar-refractivity contribution in [3.8, 4) is 0 Å². The molecule has 0 saturated carbocycles. The summed E-state index contributed by atoms with van der Waals surface area (Å²) >= 11 is 0. The van der Waals surface area contributed by atoms with Crippen LogP contribution < -0.4 is 5.73 Å². The highest BCUT2D eigenvalue weighted by atomic mass is 15.1. The van der Waals surface area contributed by atoms with E-state index in [0.717, 1.165) is 16.8 Å². The molecule has 0 aliphatic heterocycles. The number of hydrogen-bond donors (Lipinski definition) is 1. The Balaban J connectivity index is 2.75. The second-order valence-corrected chi connectivity index (χ2v) is 2.99. The molecule has 0 spiro atoms. The van der Waals surface area contributed by atoms with Crippen molar-refractivity contribution in [2.24, 2.45) is 5.11 Å². The van der Waals surface area contributed by atoms with E-state index in [1.165, 1.54) is 0 Å². The first kappa shape index (κ1) is 10.2. The average molecular weight is 188 g/mol. The third kappa shape index (κ3) is 3.21. The first-order valence-electron chi connectivity index (χ1n) is 4.27. The lowest BCUT2D eigenvalue weighted by Crippen LogP contribution is -1.86. The number of rotatable bonds is 3. The van der Waals surface area contributed by atoms with Gasteiger partial charge in [0.15, 0.2) is 0 Å². The van der Waals surface area contributed by atoms with Gasteiger partial charge in [0.2, 0.25) is 0 Å². The average Bonchev–Trinajstić information content (AvgIpc) is 2.11. The maximum Gasteiger partial charge on any atom is 0.0443 e. The van der Waals surface area contributed by atoms with Gasteiger partial charge in [-0.3, -0.25) is 0 Å². The van der Waals surface area contributed by atoms with Gasteiger partial charge in [-0.15, -0.1) is 0 Å². The number of nitrogen functional groups attached to an aromatic ring is 1. The summed E-state index contributed by atoms with van der Waals surface area (Å²) in [6.07, 6.45) is 3.69. The molecule has 0 atom stereocenters. The van der Waals surface area contributed by atoms with Crippen molar-refractivity contribution in [1.29, 1.82) is 0 Å². The third-order valence-electron chi connectivity index (χ3n) is 1.68. The van der Waals surface area contributed by atoms with E-state index in [-0.39, 0.29) is 0 Å². The molecule has 0 amide bonds. The topological polar surface area (TPSA) is 74.8 Å². The minimum absolute atomic E-state index is 0.365. The number of nitrogens with two attached hydrogens (primary N) is 1. The fourth-order valence-electron chi connectivity index (χ4n) is 1.21. The van der Waals surface area contributed by atoms with Crippen LogP contribution in [-0.4, -0.2) is 6.54 Å². The number of hydrogen-bond acceptors (Lipinski definition) is 2. The van der Waals surface area contributed by atoms with Gasteiger partial charge in [-0.2, -0.15) is 0 Å². The fraction of sp³-hybridized carbons (Fsp3) is 0.200. The van der Waals surface area contributed by atoms with Gasteiger partial charge in [0, 0.05) is 17.1 Å². The number of nitrogens with zero attached hydrogens (tertiary/aromatic N) is 3. The van der Waals surface area contributed by atoms with Crippen LogP contribution in [-0.2, 0) is 0 Å². The molecule has 1 aromatic carbocycles. The number of anilines is 1. The van der Waals surface area contributed by atoms with Gasteiger partial charge in [-0.05, 0) is 35.7 Å². The van der Waals surface area contributed by atoms with E-state index in [9.17, 15) is 0 Å². The van der Waals surface area contributed by atoms with E-state index in [4.69, 9.17) is 11.3 Å². The van der Waals surface area contributed by atoms with E-state index in [1.54, 1.807) is 6.08 Å². The van der Waals surface area contributed by atoms with Crippen LogP contribution in [0.1, 0.15) is 11.1 Å². The SMILES string of the molecule is Cc1cc(N)cc(C=CCN=[N+]=[N-])c1. The van der Waals surface area contributed by atoms with Crippen molar-refractivity contribution < 1.29 is 0 Å². The summed E-state index contributed by atoms with van der Waals surface area (Å²) in [6, 6.07) is 5.80. The molecule has 1 rings (SSSR count).